The maximum Gasteiger partial charge on any atom is 0.149 e. The van der Waals surface area contributed by atoms with E-state index >= 15 is 0 Å². The lowest BCUT2D eigenvalue weighted by Gasteiger charge is -2.22. The molecule has 0 aromatic carbocycles. The number of aromatic nitrogens is 3. The standard InChI is InChI=1S/C14H25N5/c1-10(2)18-7-5-11(9-18)8-13-16-17-14-12(15)4-3-6-19(13)14/h10-12H,3-9,15H2,1-2H3. The van der Waals surface area contributed by atoms with Crippen LogP contribution in [0.5, 0.6) is 0 Å². The lowest BCUT2D eigenvalue weighted by Crippen LogP contribution is -2.28. The molecule has 0 radical (unpaired) electrons. The molecule has 2 atom stereocenters. The van der Waals surface area contributed by atoms with Gasteiger partial charge in [0, 0.05) is 25.6 Å². The van der Waals surface area contributed by atoms with Crippen molar-refractivity contribution in [1.82, 2.24) is 19.7 Å². The minimum absolute atomic E-state index is 0.0886. The molecule has 1 saturated heterocycles. The van der Waals surface area contributed by atoms with Gasteiger partial charge in [0.15, 0.2) is 0 Å². The molecule has 0 amide bonds. The molecule has 19 heavy (non-hydrogen) atoms. The van der Waals surface area contributed by atoms with Gasteiger partial charge in [-0.3, -0.25) is 0 Å². The lowest BCUT2D eigenvalue weighted by molar-refractivity contribution is 0.264. The Labute approximate surface area is 115 Å². The molecule has 0 saturated carbocycles. The van der Waals surface area contributed by atoms with Crippen LogP contribution in [0.2, 0.25) is 0 Å². The highest BCUT2D eigenvalue weighted by Crippen LogP contribution is 2.26. The summed E-state index contributed by atoms with van der Waals surface area (Å²) >= 11 is 0. The van der Waals surface area contributed by atoms with Gasteiger partial charge in [0.2, 0.25) is 0 Å². The second-order valence-corrected chi connectivity index (χ2v) is 6.32. The van der Waals surface area contributed by atoms with E-state index in [1.54, 1.807) is 0 Å². The summed E-state index contributed by atoms with van der Waals surface area (Å²) in [5.74, 6) is 2.88. The molecule has 2 N–H and O–H groups in total. The maximum absolute atomic E-state index is 6.10. The molecule has 2 aliphatic heterocycles. The third kappa shape index (κ3) is 2.54. The zero-order valence-corrected chi connectivity index (χ0v) is 12.0. The van der Waals surface area contributed by atoms with Crippen molar-refractivity contribution in [1.29, 1.82) is 0 Å². The summed E-state index contributed by atoms with van der Waals surface area (Å²) in [6.45, 7) is 8.03. The van der Waals surface area contributed by atoms with Gasteiger partial charge in [0.05, 0.1) is 6.04 Å². The molecule has 2 unspecified atom stereocenters. The van der Waals surface area contributed by atoms with Gasteiger partial charge in [0.1, 0.15) is 11.6 Å². The zero-order chi connectivity index (χ0) is 13.4. The number of nitrogens with two attached hydrogens (primary N) is 1. The monoisotopic (exact) mass is 263 g/mol. The van der Waals surface area contributed by atoms with Crippen LogP contribution in [0, 0.1) is 5.92 Å². The topological polar surface area (TPSA) is 60.0 Å². The second kappa shape index (κ2) is 5.21. The molecule has 106 valence electrons. The summed E-state index contributed by atoms with van der Waals surface area (Å²) in [6.07, 6.45) is 4.54. The first-order chi connectivity index (χ1) is 9.15. The third-order valence-electron chi connectivity index (χ3n) is 4.60. The summed E-state index contributed by atoms with van der Waals surface area (Å²) in [5, 5.41) is 8.70. The van der Waals surface area contributed by atoms with E-state index in [1.165, 1.54) is 19.5 Å². The Morgan fingerprint density at radius 2 is 2.11 bits per heavy atom. The predicted molar refractivity (Wildman–Crippen MR) is 74.7 cm³/mol. The van der Waals surface area contributed by atoms with Crippen LogP contribution in [0.1, 0.15) is 50.8 Å². The first-order valence-corrected chi connectivity index (χ1v) is 7.56. The molecular formula is C14H25N5. The van der Waals surface area contributed by atoms with Gasteiger partial charge in [-0.25, -0.2) is 0 Å². The number of likely N-dealkylation sites (tertiary alicyclic amines) is 1. The summed E-state index contributed by atoms with van der Waals surface area (Å²) in [5.41, 5.74) is 6.10. The molecule has 1 aromatic rings. The fourth-order valence-electron chi connectivity index (χ4n) is 3.37. The van der Waals surface area contributed by atoms with Gasteiger partial charge in [0.25, 0.3) is 0 Å². The van der Waals surface area contributed by atoms with Gasteiger partial charge in [-0.2, -0.15) is 0 Å². The van der Waals surface area contributed by atoms with Gasteiger partial charge < -0.3 is 15.2 Å². The Hall–Kier alpha value is -0.940. The average Bonchev–Trinajstić information content (AvgIpc) is 2.98. The zero-order valence-electron chi connectivity index (χ0n) is 12.0. The van der Waals surface area contributed by atoms with Crippen molar-refractivity contribution in [2.75, 3.05) is 13.1 Å². The largest absolute Gasteiger partial charge is 0.321 e. The van der Waals surface area contributed by atoms with Gasteiger partial charge in [-0.1, -0.05) is 0 Å². The van der Waals surface area contributed by atoms with Crippen molar-refractivity contribution < 1.29 is 0 Å². The van der Waals surface area contributed by atoms with Crippen LogP contribution in [-0.4, -0.2) is 38.8 Å². The molecule has 5 nitrogen and oxygen atoms in total. The number of hydrogen-bond donors (Lipinski definition) is 1. The fourth-order valence-corrected chi connectivity index (χ4v) is 3.37. The SMILES string of the molecule is CC(C)N1CCC(Cc2nnc3n2CCCC3N)C1. The van der Waals surface area contributed by atoms with Crippen molar-refractivity contribution in [3.63, 3.8) is 0 Å². The van der Waals surface area contributed by atoms with Crippen LogP contribution in [0.25, 0.3) is 0 Å². The molecule has 0 aliphatic carbocycles. The minimum Gasteiger partial charge on any atom is -0.321 e. The Bertz CT molecular complexity index is 439. The molecule has 1 fully saturated rings. The Balaban J connectivity index is 1.68. The van der Waals surface area contributed by atoms with E-state index in [4.69, 9.17) is 5.73 Å². The summed E-state index contributed by atoms with van der Waals surface area (Å²) in [7, 11) is 0. The Morgan fingerprint density at radius 1 is 1.26 bits per heavy atom. The van der Waals surface area contributed by atoms with E-state index < -0.39 is 0 Å². The van der Waals surface area contributed by atoms with Crippen LogP contribution >= 0.6 is 0 Å². The van der Waals surface area contributed by atoms with E-state index in [9.17, 15) is 0 Å². The van der Waals surface area contributed by atoms with Gasteiger partial charge >= 0.3 is 0 Å². The van der Waals surface area contributed by atoms with Crippen LogP contribution < -0.4 is 5.73 Å². The van der Waals surface area contributed by atoms with Crippen LogP contribution in [0.15, 0.2) is 0 Å². The first-order valence-electron chi connectivity index (χ1n) is 7.56. The smallest absolute Gasteiger partial charge is 0.149 e. The van der Waals surface area contributed by atoms with Crippen molar-refractivity contribution >= 4 is 0 Å². The molecule has 5 heteroatoms. The molecule has 3 heterocycles. The summed E-state index contributed by atoms with van der Waals surface area (Å²) in [4.78, 5) is 2.56. The quantitative estimate of drug-likeness (QED) is 0.894. The highest BCUT2D eigenvalue weighted by Gasteiger charge is 2.28. The van der Waals surface area contributed by atoms with Gasteiger partial charge in [-0.15, -0.1) is 10.2 Å². The molecule has 2 aliphatic rings. The Kier molecular flexibility index (Phi) is 3.58. The lowest BCUT2D eigenvalue weighted by atomic mass is 10.0. The highest BCUT2D eigenvalue weighted by molar-refractivity contribution is 5.04. The van der Waals surface area contributed by atoms with Crippen molar-refractivity contribution in [3.8, 4) is 0 Å². The minimum atomic E-state index is 0.0886. The van der Waals surface area contributed by atoms with E-state index in [0.29, 0.717) is 6.04 Å². The van der Waals surface area contributed by atoms with E-state index in [2.05, 4.69) is 33.5 Å². The molecule has 1 aromatic heterocycles. The number of rotatable bonds is 3. The van der Waals surface area contributed by atoms with E-state index in [0.717, 1.165) is 43.4 Å². The maximum atomic E-state index is 6.10. The van der Waals surface area contributed by atoms with Crippen LogP contribution in [0.4, 0.5) is 0 Å². The normalized spacial score (nSPS) is 28.0. The van der Waals surface area contributed by atoms with Gasteiger partial charge in [-0.05, 0) is 45.6 Å². The number of hydrogen-bond acceptors (Lipinski definition) is 4. The summed E-state index contributed by atoms with van der Waals surface area (Å²) in [6, 6.07) is 0.747. The fraction of sp³-hybridized carbons (Fsp3) is 0.857. The molecule has 0 spiro atoms. The van der Waals surface area contributed by atoms with Crippen LogP contribution in [-0.2, 0) is 13.0 Å². The third-order valence-corrected chi connectivity index (χ3v) is 4.60. The second-order valence-electron chi connectivity index (χ2n) is 6.32. The van der Waals surface area contributed by atoms with Crippen molar-refractivity contribution in [2.24, 2.45) is 11.7 Å². The molecular weight excluding hydrogens is 238 g/mol. The number of nitrogens with zero attached hydrogens (tertiary/aromatic N) is 4. The number of fused-ring (bicyclic) bond motifs is 1. The van der Waals surface area contributed by atoms with Crippen molar-refractivity contribution in [3.05, 3.63) is 11.6 Å². The summed E-state index contributed by atoms with van der Waals surface area (Å²) < 4.78 is 2.27. The highest BCUT2D eigenvalue weighted by atomic mass is 15.3. The van der Waals surface area contributed by atoms with Crippen LogP contribution in [0.3, 0.4) is 0 Å². The molecule has 0 bridgehead atoms. The first kappa shape index (κ1) is 13.1. The van der Waals surface area contributed by atoms with E-state index in [1.807, 2.05) is 0 Å². The molecule has 3 rings (SSSR count). The Morgan fingerprint density at radius 3 is 2.84 bits per heavy atom. The average molecular weight is 263 g/mol. The van der Waals surface area contributed by atoms with Crippen molar-refractivity contribution in [2.45, 2.75) is 58.2 Å². The predicted octanol–water partition coefficient (Wildman–Crippen LogP) is 1.34. The van der Waals surface area contributed by atoms with E-state index in [-0.39, 0.29) is 6.04 Å².